The summed E-state index contributed by atoms with van der Waals surface area (Å²) in [7, 11) is 0. The number of benzene rings is 1. The Kier molecular flexibility index (Phi) is 6.22. The van der Waals surface area contributed by atoms with Crippen molar-refractivity contribution in [3.05, 3.63) is 35.4 Å². The fourth-order valence-electron chi connectivity index (χ4n) is 1.83. The molecule has 1 aromatic carbocycles. The summed E-state index contributed by atoms with van der Waals surface area (Å²) in [5.74, 6) is -1.12. The van der Waals surface area contributed by atoms with Crippen LogP contribution in [0.3, 0.4) is 0 Å². The lowest BCUT2D eigenvalue weighted by Crippen LogP contribution is -2.33. The Labute approximate surface area is 107 Å². The molecule has 2 nitrogen and oxygen atoms in total. The highest BCUT2D eigenvalue weighted by atomic mass is 19.1. The fraction of sp³-hybridized carbons (Fsp3) is 0.571. The number of aliphatic hydroxyl groups excluding tert-OH is 1. The predicted octanol–water partition coefficient (Wildman–Crippen LogP) is 3.17. The number of nitrogens with one attached hydrogen (secondary N) is 1. The summed E-state index contributed by atoms with van der Waals surface area (Å²) >= 11 is 0. The maximum Gasteiger partial charge on any atom is 0.129 e. The molecule has 18 heavy (non-hydrogen) atoms. The highest BCUT2D eigenvalue weighted by Crippen LogP contribution is 2.21. The van der Waals surface area contributed by atoms with Crippen LogP contribution in [0.2, 0.25) is 0 Å². The average molecular weight is 257 g/mol. The molecule has 2 N–H and O–H groups in total. The number of hydrogen-bond donors (Lipinski definition) is 2. The Bertz CT molecular complexity index is 371. The molecule has 0 amide bonds. The van der Waals surface area contributed by atoms with Crippen molar-refractivity contribution in [2.45, 2.75) is 45.3 Å². The molecule has 0 aromatic heterocycles. The van der Waals surface area contributed by atoms with Crippen LogP contribution >= 0.6 is 0 Å². The van der Waals surface area contributed by atoms with Crippen LogP contribution in [0.1, 0.15) is 44.8 Å². The second kappa shape index (κ2) is 7.44. The van der Waals surface area contributed by atoms with Gasteiger partial charge in [0.15, 0.2) is 0 Å². The Morgan fingerprint density at radius 2 is 2.00 bits per heavy atom. The van der Waals surface area contributed by atoms with Gasteiger partial charge in [0.05, 0.1) is 6.10 Å². The van der Waals surface area contributed by atoms with Crippen LogP contribution in [0.15, 0.2) is 18.2 Å². The Hall–Kier alpha value is -1.00. The average Bonchev–Trinajstić information content (AvgIpc) is 2.36. The smallest absolute Gasteiger partial charge is 0.129 e. The number of rotatable bonds is 7. The molecule has 1 aromatic rings. The van der Waals surface area contributed by atoms with E-state index in [4.69, 9.17) is 0 Å². The second-order valence-electron chi connectivity index (χ2n) is 4.56. The summed E-state index contributed by atoms with van der Waals surface area (Å²) in [5.41, 5.74) is 0.00508. The molecular weight excluding hydrogens is 236 g/mol. The van der Waals surface area contributed by atoms with Crippen molar-refractivity contribution in [2.24, 2.45) is 0 Å². The van der Waals surface area contributed by atoms with Crippen LogP contribution in [-0.2, 0) is 0 Å². The number of hydrogen-bond acceptors (Lipinski definition) is 2. The van der Waals surface area contributed by atoms with Gasteiger partial charge in [-0.2, -0.15) is 0 Å². The molecule has 0 aliphatic rings. The van der Waals surface area contributed by atoms with Crippen LogP contribution in [0.4, 0.5) is 8.78 Å². The first-order chi connectivity index (χ1) is 8.56. The summed E-state index contributed by atoms with van der Waals surface area (Å²) < 4.78 is 26.5. The molecule has 2 unspecified atom stereocenters. The SMILES string of the molecule is CCCCCNC(C)C(O)c1cc(F)ccc1F. The summed E-state index contributed by atoms with van der Waals surface area (Å²) in [6, 6.07) is 2.82. The monoisotopic (exact) mass is 257 g/mol. The van der Waals surface area contributed by atoms with E-state index in [1.165, 1.54) is 0 Å². The van der Waals surface area contributed by atoms with E-state index in [0.717, 1.165) is 44.0 Å². The van der Waals surface area contributed by atoms with Crippen LogP contribution in [0, 0.1) is 11.6 Å². The van der Waals surface area contributed by atoms with Crippen molar-refractivity contribution in [1.82, 2.24) is 5.32 Å². The topological polar surface area (TPSA) is 32.3 Å². The standard InChI is InChI=1S/C14H21F2NO/c1-3-4-5-8-17-10(2)14(18)12-9-11(15)6-7-13(12)16/h6-7,9-10,14,17-18H,3-5,8H2,1-2H3. The fourth-order valence-corrected chi connectivity index (χ4v) is 1.83. The summed E-state index contributed by atoms with van der Waals surface area (Å²) in [4.78, 5) is 0. The molecule has 4 heteroatoms. The molecule has 0 bridgehead atoms. The highest BCUT2D eigenvalue weighted by molar-refractivity contribution is 5.22. The van der Waals surface area contributed by atoms with Gasteiger partial charge in [0.1, 0.15) is 11.6 Å². The lowest BCUT2D eigenvalue weighted by Gasteiger charge is -2.21. The zero-order valence-corrected chi connectivity index (χ0v) is 10.9. The third-order valence-electron chi connectivity index (χ3n) is 3.00. The van der Waals surface area contributed by atoms with Gasteiger partial charge in [-0.1, -0.05) is 19.8 Å². The lowest BCUT2D eigenvalue weighted by atomic mass is 10.0. The van der Waals surface area contributed by atoms with Crippen molar-refractivity contribution in [3.8, 4) is 0 Å². The first-order valence-electron chi connectivity index (χ1n) is 6.42. The third-order valence-corrected chi connectivity index (χ3v) is 3.00. The molecule has 0 radical (unpaired) electrons. The zero-order chi connectivity index (χ0) is 13.5. The molecule has 1 rings (SSSR count). The van der Waals surface area contributed by atoms with Gasteiger partial charge in [-0.3, -0.25) is 0 Å². The maximum atomic E-state index is 13.5. The van der Waals surface area contributed by atoms with Crippen molar-refractivity contribution in [3.63, 3.8) is 0 Å². The molecule has 0 aliphatic carbocycles. The highest BCUT2D eigenvalue weighted by Gasteiger charge is 2.19. The first-order valence-corrected chi connectivity index (χ1v) is 6.42. The summed E-state index contributed by atoms with van der Waals surface area (Å²) in [6.07, 6.45) is 2.21. The molecule has 0 aliphatic heterocycles. The Balaban J connectivity index is 2.56. The van der Waals surface area contributed by atoms with Gasteiger partial charge in [0, 0.05) is 11.6 Å². The molecule has 0 fully saturated rings. The Morgan fingerprint density at radius 3 is 2.67 bits per heavy atom. The van der Waals surface area contributed by atoms with Gasteiger partial charge >= 0.3 is 0 Å². The lowest BCUT2D eigenvalue weighted by molar-refractivity contribution is 0.131. The molecule has 0 spiro atoms. The van der Waals surface area contributed by atoms with Crippen molar-refractivity contribution in [2.75, 3.05) is 6.54 Å². The van der Waals surface area contributed by atoms with E-state index in [-0.39, 0.29) is 11.6 Å². The van der Waals surface area contributed by atoms with Crippen LogP contribution < -0.4 is 5.32 Å². The largest absolute Gasteiger partial charge is 0.387 e. The summed E-state index contributed by atoms with van der Waals surface area (Å²) in [6.45, 7) is 4.64. The van der Waals surface area contributed by atoms with E-state index in [1.807, 2.05) is 0 Å². The zero-order valence-electron chi connectivity index (χ0n) is 10.9. The molecule has 102 valence electrons. The van der Waals surface area contributed by atoms with E-state index < -0.39 is 17.7 Å². The first kappa shape index (κ1) is 15.1. The van der Waals surface area contributed by atoms with Gasteiger partial charge in [-0.05, 0) is 38.1 Å². The number of halogens is 2. The predicted molar refractivity (Wildman–Crippen MR) is 68.3 cm³/mol. The Morgan fingerprint density at radius 1 is 1.28 bits per heavy atom. The molecule has 0 saturated heterocycles. The van der Waals surface area contributed by atoms with Crippen LogP contribution in [0.25, 0.3) is 0 Å². The maximum absolute atomic E-state index is 13.5. The van der Waals surface area contributed by atoms with Crippen LogP contribution in [-0.4, -0.2) is 17.7 Å². The van der Waals surface area contributed by atoms with Gasteiger partial charge in [0.25, 0.3) is 0 Å². The number of unbranched alkanes of at least 4 members (excludes halogenated alkanes) is 2. The van der Waals surface area contributed by atoms with Gasteiger partial charge in [-0.25, -0.2) is 8.78 Å². The molecular formula is C14H21F2NO. The van der Waals surface area contributed by atoms with Crippen molar-refractivity contribution < 1.29 is 13.9 Å². The number of aliphatic hydroxyl groups is 1. The van der Waals surface area contributed by atoms with E-state index in [9.17, 15) is 13.9 Å². The normalized spacial score (nSPS) is 14.5. The quantitative estimate of drug-likeness (QED) is 0.735. The van der Waals surface area contributed by atoms with E-state index >= 15 is 0 Å². The van der Waals surface area contributed by atoms with Crippen molar-refractivity contribution >= 4 is 0 Å². The third kappa shape index (κ3) is 4.35. The van der Waals surface area contributed by atoms with Gasteiger partial charge in [-0.15, -0.1) is 0 Å². The molecule has 2 atom stereocenters. The minimum atomic E-state index is -1.04. The van der Waals surface area contributed by atoms with E-state index in [1.54, 1.807) is 6.92 Å². The second-order valence-corrected chi connectivity index (χ2v) is 4.56. The summed E-state index contributed by atoms with van der Waals surface area (Å²) in [5, 5.41) is 13.1. The minimum Gasteiger partial charge on any atom is -0.387 e. The molecule has 0 saturated carbocycles. The van der Waals surface area contributed by atoms with Gasteiger partial charge < -0.3 is 10.4 Å². The molecule has 0 heterocycles. The van der Waals surface area contributed by atoms with Gasteiger partial charge in [0.2, 0.25) is 0 Å². The van der Waals surface area contributed by atoms with E-state index in [0.29, 0.717) is 0 Å². The van der Waals surface area contributed by atoms with Crippen LogP contribution in [0.5, 0.6) is 0 Å². The van der Waals surface area contributed by atoms with Crippen molar-refractivity contribution in [1.29, 1.82) is 0 Å². The van der Waals surface area contributed by atoms with E-state index in [2.05, 4.69) is 12.2 Å². The minimum absolute atomic E-state index is 0.00508.